The zero-order valence-electron chi connectivity index (χ0n) is 5.47. The van der Waals surface area contributed by atoms with Crippen molar-refractivity contribution in [1.82, 2.24) is 4.98 Å². The van der Waals surface area contributed by atoms with Crippen molar-refractivity contribution in [3.8, 4) is 12.3 Å². The minimum Gasteiger partial charge on any atom is -0.233 e. The number of hydrogen-bond donors (Lipinski definition) is 0. The first-order valence-electron chi connectivity index (χ1n) is 2.81. The Morgan fingerprint density at radius 2 is 2.60 bits per heavy atom. The molecule has 0 aromatic carbocycles. The maximum Gasteiger partial charge on any atom is 0.183 e. The first-order valence-corrected chi connectivity index (χ1v) is 4.01. The van der Waals surface area contributed by atoms with E-state index in [0.717, 1.165) is 4.88 Å². The monoisotopic (exact) mass is 171 g/mol. The molecule has 0 aliphatic carbocycles. The highest BCUT2D eigenvalue weighted by Gasteiger charge is 2.04. The van der Waals surface area contributed by atoms with Gasteiger partial charge in [-0.25, -0.2) is 4.98 Å². The van der Waals surface area contributed by atoms with E-state index in [0.29, 0.717) is 4.47 Å². The minimum absolute atomic E-state index is 0.130. The first kappa shape index (κ1) is 7.59. The molecule has 1 nitrogen and oxygen atoms in total. The second-order valence-corrected chi connectivity index (χ2v) is 3.55. The van der Waals surface area contributed by atoms with Gasteiger partial charge in [-0.15, -0.1) is 17.8 Å². The lowest BCUT2D eigenvalue weighted by atomic mass is 10.2. The van der Waals surface area contributed by atoms with Crippen molar-refractivity contribution < 1.29 is 0 Å². The van der Waals surface area contributed by atoms with Gasteiger partial charge < -0.3 is 0 Å². The van der Waals surface area contributed by atoms with E-state index in [-0.39, 0.29) is 5.92 Å². The molecule has 0 N–H and O–H groups in total. The van der Waals surface area contributed by atoms with E-state index in [1.807, 2.05) is 6.92 Å². The highest BCUT2D eigenvalue weighted by molar-refractivity contribution is 7.15. The average molecular weight is 172 g/mol. The number of thiazole rings is 1. The fraction of sp³-hybridized carbons (Fsp3) is 0.286. The number of rotatable bonds is 1. The molecule has 1 rings (SSSR count). The average Bonchev–Trinajstić information content (AvgIpc) is 2.34. The quantitative estimate of drug-likeness (QED) is 0.592. The lowest BCUT2D eigenvalue weighted by Crippen LogP contribution is -1.81. The van der Waals surface area contributed by atoms with Gasteiger partial charge in [0, 0.05) is 11.1 Å². The lowest BCUT2D eigenvalue weighted by molar-refractivity contribution is 1.03. The van der Waals surface area contributed by atoms with E-state index in [2.05, 4.69) is 10.9 Å². The smallest absolute Gasteiger partial charge is 0.183 e. The van der Waals surface area contributed by atoms with Gasteiger partial charge in [0.2, 0.25) is 0 Å². The van der Waals surface area contributed by atoms with Gasteiger partial charge in [-0.2, -0.15) is 0 Å². The Kier molecular flexibility index (Phi) is 2.31. The van der Waals surface area contributed by atoms with Gasteiger partial charge in [0.1, 0.15) is 0 Å². The number of halogens is 1. The van der Waals surface area contributed by atoms with Gasteiger partial charge in [-0.05, 0) is 6.92 Å². The molecule has 0 aliphatic rings. The van der Waals surface area contributed by atoms with E-state index in [1.165, 1.54) is 11.3 Å². The van der Waals surface area contributed by atoms with Crippen LogP contribution in [-0.4, -0.2) is 4.98 Å². The molecule has 1 aromatic rings. The summed E-state index contributed by atoms with van der Waals surface area (Å²) in [5, 5.41) is 0. The van der Waals surface area contributed by atoms with Crippen LogP contribution in [0.25, 0.3) is 0 Å². The van der Waals surface area contributed by atoms with Crippen LogP contribution in [0.1, 0.15) is 17.7 Å². The molecule has 0 amide bonds. The molecular weight excluding hydrogens is 166 g/mol. The Hall–Kier alpha value is -0.520. The van der Waals surface area contributed by atoms with Gasteiger partial charge >= 0.3 is 0 Å². The predicted octanol–water partition coefficient (Wildman–Crippen LogP) is 2.53. The summed E-state index contributed by atoms with van der Waals surface area (Å²) in [5.41, 5.74) is 0. The third-order valence-electron chi connectivity index (χ3n) is 1.17. The third kappa shape index (κ3) is 1.50. The summed E-state index contributed by atoms with van der Waals surface area (Å²) < 4.78 is 0.553. The standard InChI is InChI=1S/C7H6ClNS/c1-3-5(2)6-4-9-7(8)10-6/h1,4-5H,2H3. The number of nitrogens with zero attached hydrogens (tertiary/aromatic N) is 1. The molecule has 0 saturated heterocycles. The van der Waals surface area contributed by atoms with E-state index < -0.39 is 0 Å². The van der Waals surface area contributed by atoms with Crippen molar-refractivity contribution in [2.24, 2.45) is 0 Å². The van der Waals surface area contributed by atoms with Crippen molar-refractivity contribution in [2.75, 3.05) is 0 Å². The Morgan fingerprint density at radius 3 is 3.00 bits per heavy atom. The number of hydrogen-bond acceptors (Lipinski definition) is 2. The summed E-state index contributed by atoms with van der Waals surface area (Å²) >= 11 is 7.03. The summed E-state index contributed by atoms with van der Waals surface area (Å²) in [5.74, 6) is 2.74. The summed E-state index contributed by atoms with van der Waals surface area (Å²) in [6.45, 7) is 1.95. The molecule has 0 radical (unpaired) electrons. The van der Waals surface area contributed by atoms with Crippen LogP contribution in [0.15, 0.2) is 6.20 Å². The molecule has 1 aromatic heterocycles. The van der Waals surface area contributed by atoms with Crippen LogP contribution in [0.5, 0.6) is 0 Å². The van der Waals surface area contributed by atoms with Crippen molar-refractivity contribution in [2.45, 2.75) is 12.8 Å². The Bertz CT molecular complexity index is 261. The highest BCUT2D eigenvalue weighted by atomic mass is 35.5. The Balaban J connectivity index is 2.87. The highest BCUT2D eigenvalue weighted by Crippen LogP contribution is 2.24. The van der Waals surface area contributed by atoms with Crippen LogP contribution < -0.4 is 0 Å². The van der Waals surface area contributed by atoms with Gasteiger partial charge in [0.25, 0.3) is 0 Å². The molecule has 10 heavy (non-hydrogen) atoms. The third-order valence-corrected chi connectivity index (χ3v) is 2.47. The molecule has 3 heteroatoms. The summed E-state index contributed by atoms with van der Waals surface area (Å²) in [6, 6.07) is 0. The SMILES string of the molecule is C#CC(C)c1cnc(Cl)s1. The van der Waals surface area contributed by atoms with Crippen LogP contribution in [-0.2, 0) is 0 Å². The molecule has 0 saturated carbocycles. The largest absolute Gasteiger partial charge is 0.233 e. The topological polar surface area (TPSA) is 12.9 Å². The molecule has 0 aliphatic heterocycles. The van der Waals surface area contributed by atoms with Crippen LogP contribution >= 0.6 is 22.9 Å². The molecule has 0 fully saturated rings. The van der Waals surface area contributed by atoms with Crippen molar-refractivity contribution in [3.63, 3.8) is 0 Å². The molecule has 0 bridgehead atoms. The second kappa shape index (κ2) is 3.05. The van der Waals surface area contributed by atoms with E-state index >= 15 is 0 Å². The van der Waals surface area contributed by atoms with Gasteiger partial charge in [0.05, 0.1) is 5.92 Å². The van der Waals surface area contributed by atoms with Crippen molar-refractivity contribution in [1.29, 1.82) is 0 Å². The Morgan fingerprint density at radius 1 is 1.90 bits per heavy atom. The maximum atomic E-state index is 5.60. The molecule has 52 valence electrons. The molecule has 1 heterocycles. The van der Waals surface area contributed by atoms with Crippen molar-refractivity contribution >= 4 is 22.9 Å². The molecule has 0 spiro atoms. The van der Waals surface area contributed by atoms with E-state index in [1.54, 1.807) is 6.20 Å². The summed E-state index contributed by atoms with van der Waals surface area (Å²) in [6.07, 6.45) is 6.92. The number of aromatic nitrogens is 1. The Labute approximate surface area is 69.1 Å². The van der Waals surface area contributed by atoms with Gasteiger partial charge in [-0.1, -0.05) is 17.5 Å². The molecular formula is C7H6ClNS. The zero-order chi connectivity index (χ0) is 7.56. The second-order valence-electron chi connectivity index (χ2n) is 1.90. The first-order chi connectivity index (χ1) is 4.74. The van der Waals surface area contributed by atoms with Gasteiger partial charge in [0.15, 0.2) is 4.47 Å². The molecule has 1 unspecified atom stereocenters. The lowest BCUT2D eigenvalue weighted by Gasteiger charge is -1.94. The fourth-order valence-electron chi connectivity index (χ4n) is 0.547. The van der Waals surface area contributed by atoms with Gasteiger partial charge in [-0.3, -0.25) is 0 Å². The maximum absolute atomic E-state index is 5.60. The fourth-order valence-corrected chi connectivity index (χ4v) is 1.51. The van der Waals surface area contributed by atoms with E-state index in [9.17, 15) is 0 Å². The molecule has 1 atom stereocenters. The van der Waals surface area contributed by atoms with E-state index in [4.69, 9.17) is 18.0 Å². The minimum atomic E-state index is 0.130. The van der Waals surface area contributed by atoms with Crippen molar-refractivity contribution in [3.05, 3.63) is 15.5 Å². The van der Waals surface area contributed by atoms with Crippen LogP contribution in [0.4, 0.5) is 0 Å². The van der Waals surface area contributed by atoms with Crippen LogP contribution in [0, 0.1) is 12.3 Å². The van der Waals surface area contributed by atoms with Crippen LogP contribution in [0.3, 0.4) is 0 Å². The summed E-state index contributed by atoms with van der Waals surface area (Å²) in [4.78, 5) is 4.92. The van der Waals surface area contributed by atoms with Crippen LogP contribution in [0.2, 0.25) is 4.47 Å². The summed E-state index contributed by atoms with van der Waals surface area (Å²) in [7, 11) is 0. The zero-order valence-corrected chi connectivity index (χ0v) is 7.04. The number of terminal acetylenes is 1. The predicted molar refractivity (Wildman–Crippen MR) is 44.4 cm³/mol. The normalized spacial score (nSPS) is 12.5.